The quantitative estimate of drug-likeness (QED) is 0.788. The molecule has 1 aromatic heterocycles. The van der Waals surface area contributed by atoms with E-state index in [4.69, 9.17) is 11.6 Å². The van der Waals surface area contributed by atoms with E-state index in [1.165, 1.54) is 38.1 Å². The van der Waals surface area contributed by atoms with Crippen molar-refractivity contribution in [2.24, 2.45) is 0 Å². The van der Waals surface area contributed by atoms with Crippen LogP contribution in [0.1, 0.15) is 25.1 Å². The fraction of sp³-hybridized carbons (Fsp3) is 0.533. The van der Waals surface area contributed by atoms with Gasteiger partial charge in [-0.15, -0.1) is 11.6 Å². The molecule has 3 nitrogen and oxygen atoms in total. The van der Waals surface area contributed by atoms with Gasteiger partial charge in [-0.2, -0.15) is 0 Å². The van der Waals surface area contributed by atoms with Gasteiger partial charge in [-0.25, -0.2) is 9.37 Å². The molecule has 0 amide bonds. The number of halogens is 2. The Hall–Kier alpha value is -1.13. The second-order valence-corrected chi connectivity index (χ2v) is 5.62. The first-order valence-corrected chi connectivity index (χ1v) is 7.74. The van der Waals surface area contributed by atoms with Crippen molar-refractivity contribution in [2.45, 2.75) is 31.7 Å². The molecule has 1 aliphatic rings. The highest BCUT2D eigenvalue weighted by atomic mass is 35.5. The maximum Gasteiger partial charge on any atom is 0.125 e. The summed E-state index contributed by atoms with van der Waals surface area (Å²) in [5.41, 5.74) is 1.67. The largest absolute Gasteiger partial charge is 0.327 e. The van der Waals surface area contributed by atoms with Crippen molar-refractivity contribution in [3.05, 3.63) is 29.8 Å². The molecule has 0 spiro atoms. The Bertz CT molecular complexity index is 590. The summed E-state index contributed by atoms with van der Waals surface area (Å²) in [6.07, 6.45) is 3.72. The molecule has 0 bridgehead atoms. The average molecular weight is 296 g/mol. The van der Waals surface area contributed by atoms with E-state index in [2.05, 4.69) is 14.5 Å². The molecule has 1 saturated heterocycles. The van der Waals surface area contributed by atoms with Crippen LogP contribution in [0.3, 0.4) is 0 Å². The van der Waals surface area contributed by atoms with Crippen molar-refractivity contribution in [3.8, 4) is 0 Å². The Morgan fingerprint density at radius 3 is 2.75 bits per heavy atom. The van der Waals surface area contributed by atoms with Crippen molar-refractivity contribution >= 4 is 22.6 Å². The van der Waals surface area contributed by atoms with Crippen molar-refractivity contribution < 1.29 is 4.39 Å². The molecule has 2 aromatic rings. The number of likely N-dealkylation sites (tertiary alicyclic amines) is 1. The Balaban J connectivity index is 1.75. The number of nitrogens with zero attached hydrogens (tertiary/aromatic N) is 3. The molecule has 5 heteroatoms. The molecule has 0 aliphatic carbocycles. The van der Waals surface area contributed by atoms with E-state index >= 15 is 0 Å². The molecular formula is C15H19ClFN3. The molecule has 1 aliphatic heterocycles. The summed E-state index contributed by atoms with van der Waals surface area (Å²) < 4.78 is 15.4. The Morgan fingerprint density at radius 2 is 2.00 bits per heavy atom. The highest BCUT2D eigenvalue weighted by Crippen LogP contribution is 2.19. The van der Waals surface area contributed by atoms with Crippen LogP contribution >= 0.6 is 11.6 Å². The summed E-state index contributed by atoms with van der Waals surface area (Å²) in [4.78, 5) is 6.92. The lowest BCUT2D eigenvalue weighted by molar-refractivity contribution is 0.325. The molecule has 0 radical (unpaired) electrons. The molecule has 0 unspecified atom stereocenters. The van der Waals surface area contributed by atoms with Crippen LogP contribution in [0, 0.1) is 5.82 Å². The zero-order valence-corrected chi connectivity index (χ0v) is 12.2. The minimum absolute atomic E-state index is 0.250. The van der Waals surface area contributed by atoms with E-state index in [-0.39, 0.29) is 5.82 Å². The number of hydrogen-bond donors (Lipinski definition) is 0. The summed E-state index contributed by atoms with van der Waals surface area (Å²) in [6.45, 7) is 4.44. The van der Waals surface area contributed by atoms with Gasteiger partial charge >= 0.3 is 0 Å². The van der Waals surface area contributed by atoms with Crippen LogP contribution in [0.2, 0.25) is 0 Å². The summed E-state index contributed by atoms with van der Waals surface area (Å²) in [5, 5.41) is 0. The second kappa shape index (κ2) is 6.10. The lowest BCUT2D eigenvalue weighted by Crippen LogP contribution is -2.21. The number of aromatic nitrogens is 2. The number of hydrogen-bond acceptors (Lipinski definition) is 2. The molecule has 108 valence electrons. The standard InChI is InChI=1S/C15H19ClFN3/c16-11-15-18-13-10-12(17)4-5-14(13)20(15)9-3-8-19-6-1-2-7-19/h4-5,10H,1-3,6-9,11H2. The average Bonchev–Trinajstić information content (AvgIpc) is 3.06. The first-order valence-electron chi connectivity index (χ1n) is 7.21. The van der Waals surface area contributed by atoms with Gasteiger partial charge in [0.05, 0.1) is 16.9 Å². The maximum absolute atomic E-state index is 13.2. The third kappa shape index (κ3) is 2.81. The van der Waals surface area contributed by atoms with Crippen LogP contribution in [0.15, 0.2) is 18.2 Å². The van der Waals surface area contributed by atoms with Crippen LogP contribution in [-0.2, 0) is 12.4 Å². The highest BCUT2D eigenvalue weighted by Gasteiger charge is 2.13. The zero-order valence-electron chi connectivity index (χ0n) is 11.5. The third-order valence-electron chi connectivity index (χ3n) is 3.96. The van der Waals surface area contributed by atoms with E-state index in [0.717, 1.165) is 30.9 Å². The number of imidazole rings is 1. The molecule has 0 saturated carbocycles. The summed E-state index contributed by atoms with van der Waals surface area (Å²) in [5.74, 6) is 0.939. The van der Waals surface area contributed by atoms with Crippen LogP contribution in [0.25, 0.3) is 11.0 Å². The van der Waals surface area contributed by atoms with Crippen LogP contribution in [-0.4, -0.2) is 34.1 Å². The van der Waals surface area contributed by atoms with E-state index < -0.39 is 0 Å². The topological polar surface area (TPSA) is 21.1 Å². The molecule has 1 fully saturated rings. The molecule has 20 heavy (non-hydrogen) atoms. The Morgan fingerprint density at radius 1 is 1.20 bits per heavy atom. The molecule has 0 atom stereocenters. The molecule has 0 N–H and O–H groups in total. The minimum atomic E-state index is -0.250. The lowest BCUT2D eigenvalue weighted by Gasteiger charge is -2.15. The second-order valence-electron chi connectivity index (χ2n) is 5.35. The van der Waals surface area contributed by atoms with Gasteiger partial charge in [-0.3, -0.25) is 0 Å². The van der Waals surface area contributed by atoms with Crippen molar-refractivity contribution in [3.63, 3.8) is 0 Å². The number of fused-ring (bicyclic) bond motifs is 1. The molecule has 1 aromatic carbocycles. The summed E-state index contributed by atoms with van der Waals surface area (Å²) in [7, 11) is 0. The molecular weight excluding hydrogens is 277 g/mol. The van der Waals surface area contributed by atoms with Crippen LogP contribution in [0.4, 0.5) is 4.39 Å². The number of rotatable bonds is 5. The zero-order chi connectivity index (χ0) is 13.9. The first kappa shape index (κ1) is 13.8. The normalized spacial score (nSPS) is 16.3. The van der Waals surface area contributed by atoms with Gasteiger partial charge in [0.25, 0.3) is 0 Å². The van der Waals surface area contributed by atoms with Crippen molar-refractivity contribution in [1.29, 1.82) is 0 Å². The fourth-order valence-corrected chi connectivity index (χ4v) is 3.17. The van der Waals surface area contributed by atoms with Crippen molar-refractivity contribution in [1.82, 2.24) is 14.5 Å². The van der Waals surface area contributed by atoms with Gasteiger partial charge < -0.3 is 9.47 Å². The first-order chi connectivity index (χ1) is 9.78. The Kier molecular flexibility index (Phi) is 4.22. The highest BCUT2D eigenvalue weighted by molar-refractivity contribution is 6.16. The smallest absolute Gasteiger partial charge is 0.125 e. The van der Waals surface area contributed by atoms with Crippen molar-refractivity contribution in [2.75, 3.05) is 19.6 Å². The number of benzene rings is 1. The van der Waals surface area contributed by atoms with Crippen LogP contribution < -0.4 is 0 Å². The monoisotopic (exact) mass is 295 g/mol. The van der Waals surface area contributed by atoms with E-state index in [0.29, 0.717) is 11.4 Å². The summed E-state index contributed by atoms with van der Waals surface area (Å²) >= 11 is 5.96. The van der Waals surface area contributed by atoms with Gasteiger partial charge in [0.1, 0.15) is 11.6 Å². The maximum atomic E-state index is 13.2. The lowest BCUT2D eigenvalue weighted by atomic mass is 10.3. The van der Waals surface area contributed by atoms with Gasteiger partial charge in [0, 0.05) is 12.6 Å². The predicted octanol–water partition coefficient (Wildman–Crippen LogP) is 3.40. The van der Waals surface area contributed by atoms with Crippen LogP contribution in [0.5, 0.6) is 0 Å². The minimum Gasteiger partial charge on any atom is -0.327 e. The molecule has 3 rings (SSSR count). The number of aryl methyl sites for hydroxylation is 1. The van der Waals surface area contributed by atoms with Gasteiger partial charge in [0.2, 0.25) is 0 Å². The van der Waals surface area contributed by atoms with E-state index in [1.807, 2.05) is 0 Å². The Labute approximate surface area is 123 Å². The predicted molar refractivity (Wildman–Crippen MR) is 79.5 cm³/mol. The van der Waals surface area contributed by atoms with E-state index in [9.17, 15) is 4.39 Å². The molecule has 2 heterocycles. The van der Waals surface area contributed by atoms with Gasteiger partial charge in [-0.05, 0) is 51.0 Å². The third-order valence-corrected chi connectivity index (χ3v) is 4.20. The number of alkyl halides is 1. The fourth-order valence-electron chi connectivity index (χ4n) is 2.96. The summed E-state index contributed by atoms with van der Waals surface area (Å²) in [6, 6.07) is 4.75. The SMILES string of the molecule is Fc1ccc2c(c1)nc(CCl)n2CCCN1CCCC1. The van der Waals surface area contributed by atoms with Gasteiger partial charge in [0.15, 0.2) is 0 Å². The van der Waals surface area contributed by atoms with E-state index in [1.54, 1.807) is 6.07 Å². The van der Waals surface area contributed by atoms with Gasteiger partial charge in [-0.1, -0.05) is 0 Å².